The third-order valence-electron chi connectivity index (χ3n) is 4.76. The quantitative estimate of drug-likeness (QED) is 0.449. The second-order valence-electron chi connectivity index (χ2n) is 7.09. The maximum Gasteiger partial charge on any atom is 0.408 e. The van der Waals surface area contributed by atoms with Gasteiger partial charge in [0, 0.05) is 11.4 Å². The molecular weight excluding hydrogens is 430 g/mol. The molecule has 0 aliphatic rings. The summed E-state index contributed by atoms with van der Waals surface area (Å²) in [5.41, 5.74) is 1.93. The minimum atomic E-state index is -1.00. The van der Waals surface area contributed by atoms with Crippen molar-refractivity contribution in [2.75, 3.05) is 6.61 Å². The number of amides is 1. The van der Waals surface area contributed by atoms with Gasteiger partial charge in [0.1, 0.15) is 6.61 Å². The molecule has 2 N–H and O–H groups in total. The molecule has 6 nitrogen and oxygen atoms in total. The van der Waals surface area contributed by atoms with Crippen LogP contribution in [-0.2, 0) is 16.1 Å². The SMILES string of the molecule is O=C(NC(c1ccccc1)C(O)CCOC(=O)c1ccc(Cl)cc1)OCc1ccccc1. The lowest BCUT2D eigenvalue weighted by Crippen LogP contribution is -2.37. The Balaban J connectivity index is 1.56. The molecule has 0 aliphatic carbocycles. The zero-order chi connectivity index (χ0) is 22.8. The molecule has 0 radical (unpaired) electrons. The number of carbonyl (C=O) groups excluding carboxylic acids is 2. The first kappa shape index (κ1) is 23.3. The van der Waals surface area contributed by atoms with Crippen LogP contribution in [0.15, 0.2) is 84.9 Å². The Hall–Kier alpha value is -3.35. The van der Waals surface area contributed by atoms with Crippen molar-refractivity contribution < 1.29 is 24.2 Å². The molecule has 3 aromatic carbocycles. The van der Waals surface area contributed by atoms with E-state index in [1.165, 1.54) is 0 Å². The number of hydrogen-bond acceptors (Lipinski definition) is 5. The molecule has 0 aliphatic heterocycles. The third kappa shape index (κ3) is 7.11. The van der Waals surface area contributed by atoms with Crippen LogP contribution in [0.2, 0.25) is 5.02 Å². The van der Waals surface area contributed by atoms with Crippen molar-refractivity contribution in [1.29, 1.82) is 0 Å². The van der Waals surface area contributed by atoms with Crippen molar-refractivity contribution in [1.82, 2.24) is 5.32 Å². The number of rotatable bonds is 9. The van der Waals surface area contributed by atoms with Gasteiger partial charge in [-0.05, 0) is 35.4 Å². The Morgan fingerprint density at radius 3 is 2.16 bits per heavy atom. The lowest BCUT2D eigenvalue weighted by atomic mass is 9.99. The lowest BCUT2D eigenvalue weighted by molar-refractivity contribution is 0.0378. The molecule has 2 unspecified atom stereocenters. The fraction of sp³-hybridized carbons (Fsp3) is 0.200. The van der Waals surface area contributed by atoms with Gasteiger partial charge in [0.05, 0.1) is 24.3 Å². The topological polar surface area (TPSA) is 84.9 Å². The molecule has 7 heteroatoms. The predicted molar refractivity (Wildman–Crippen MR) is 121 cm³/mol. The normalized spacial score (nSPS) is 12.4. The summed E-state index contributed by atoms with van der Waals surface area (Å²) in [6.45, 7) is 0.0929. The largest absolute Gasteiger partial charge is 0.462 e. The van der Waals surface area contributed by atoms with Gasteiger partial charge in [0.15, 0.2) is 0 Å². The fourth-order valence-electron chi connectivity index (χ4n) is 3.06. The first-order valence-corrected chi connectivity index (χ1v) is 10.5. The molecule has 3 rings (SSSR count). The van der Waals surface area contributed by atoms with E-state index in [1.807, 2.05) is 48.5 Å². The molecule has 0 bridgehead atoms. The van der Waals surface area contributed by atoms with E-state index < -0.39 is 24.2 Å². The van der Waals surface area contributed by atoms with Crippen LogP contribution in [0.3, 0.4) is 0 Å². The average Bonchev–Trinajstić information content (AvgIpc) is 2.82. The molecule has 0 saturated carbocycles. The lowest BCUT2D eigenvalue weighted by Gasteiger charge is -2.24. The zero-order valence-corrected chi connectivity index (χ0v) is 18.1. The first-order chi connectivity index (χ1) is 15.5. The summed E-state index contributed by atoms with van der Waals surface area (Å²) < 4.78 is 10.5. The summed E-state index contributed by atoms with van der Waals surface area (Å²) in [5, 5.41) is 14.0. The predicted octanol–water partition coefficient (Wildman–Crippen LogP) is 4.92. The van der Waals surface area contributed by atoms with E-state index >= 15 is 0 Å². The number of nitrogens with one attached hydrogen (secondary N) is 1. The standard InChI is InChI=1S/C25H24ClNO5/c26-21-13-11-20(12-14-21)24(29)31-16-15-22(28)23(19-9-5-2-6-10-19)27-25(30)32-17-18-7-3-1-4-8-18/h1-14,22-23,28H,15-17H2,(H,27,30). The van der Waals surface area contributed by atoms with Crippen LogP contribution in [0, 0.1) is 0 Å². The zero-order valence-electron chi connectivity index (χ0n) is 17.3. The minimum absolute atomic E-state index is 0.0211. The molecular formula is C25H24ClNO5. The van der Waals surface area contributed by atoms with E-state index in [4.69, 9.17) is 21.1 Å². The van der Waals surface area contributed by atoms with Crippen LogP contribution < -0.4 is 5.32 Å². The van der Waals surface area contributed by atoms with E-state index in [0.717, 1.165) is 5.56 Å². The van der Waals surface area contributed by atoms with Crippen LogP contribution in [0.4, 0.5) is 4.79 Å². The van der Waals surface area contributed by atoms with Gasteiger partial charge in [-0.25, -0.2) is 9.59 Å². The number of ether oxygens (including phenoxy) is 2. The van der Waals surface area contributed by atoms with Crippen molar-refractivity contribution in [2.45, 2.75) is 25.2 Å². The summed E-state index contributed by atoms with van der Waals surface area (Å²) in [6.07, 6.45) is -1.53. The second-order valence-corrected chi connectivity index (χ2v) is 7.53. The maximum absolute atomic E-state index is 12.4. The Bertz CT molecular complexity index is 996. The number of benzene rings is 3. The van der Waals surface area contributed by atoms with Crippen molar-refractivity contribution in [3.05, 3.63) is 107 Å². The molecule has 0 spiro atoms. The van der Waals surface area contributed by atoms with Crippen molar-refractivity contribution in [3.63, 3.8) is 0 Å². The van der Waals surface area contributed by atoms with Crippen LogP contribution in [0.1, 0.15) is 33.9 Å². The number of aliphatic hydroxyl groups is 1. The van der Waals surface area contributed by atoms with E-state index in [1.54, 1.807) is 36.4 Å². The van der Waals surface area contributed by atoms with Crippen LogP contribution in [-0.4, -0.2) is 29.9 Å². The fourth-order valence-corrected chi connectivity index (χ4v) is 3.19. The van der Waals surface area contributed by atoms with Crippen molar-refractivity contribution >= 4 is 23.7 Å². The van der Waals surface area contributed by atoms with Crippen LogP contribution in [0.25, 0.3) is 0 Å². The highest BCUT2D eigenvalue weighted by atomic mass is 35.5. The summed E-state index contributed by atoms with van der Waals surface area (Å²) in [7, 11) is 0. The van der Waals surface area contributed by atoms with Gasteiger partial charge in [0.25, 0.3) is 0 Å². The molecule has 32 heavy (non-hydrogen) atoms. The van der Waals surface area contributed by atoms with Crippen LogP contribution >= 0.6 is 11.6 Å². The number of alkyl carbamates (subject to hydrolysis) is 1. The molecule has 0 heterocycles. The highest BCUT2D eigenvalue weighted by Crippen LogP contribution is 2.20. The molecule has 0 saturated heterocycles. The highest BCUT2D eigenvalue weighted by molar-refractivity contribution is 6.30. The van der Waals surface area contributed by atoms with Gasteiger partial charge in [-0.2, -0.15) is 0 Å². The summed E-state index contributed by atoms with van der Waals surface area (Å²) in [4.78, 5) is 24.5. The molecule has 3 aromatic rings. The van der Waals surface area contributed by atoms with E-state index in [0.29, 0.717) is 16.1 Å². The monoisotopic (exact) mass is 453 g/mol. The number of esters is 1. The average molecular weight is 454 g/mol. The Kier molecular flexibility index (Phi) is 8.66. The van der Waals surface area contributed by atoms with Crippen molar-refractivity contribution in [3.8, 4) is 0 Å². The molecule has 0 fully saturated rings. The highest BCUT2D eigenvalue weighted by Gasteiger charge is 2.24. The second kappa shape index (κ2) is 11.9. The van der Waals surface area contributed by atoms with E-state index in [-0.39, 0.29) is 19.6 Å². The maximum atomic E-state index is 12.4. The van der Waals surface area contributed by atoms with Crippen LogP contribution in [0.5, 0.6) is 0 Å². The number of aliphatic hydroxyl groups excluding tert-OH is 1. The number of hydrogen-bond donors (Lipinski definition) is 2. The van der Waals surface area contributed by atoms with Gasteiger partial charge in [0.2, 0.25) is 0 Å². The summed E-state index contributed by atoms with van der Waals surface area (Å²) in [6, 6.07) is 24.0. The number of halogens is 1. The van der Waals surface area contributed by atoms with E-state index in [2.05, 4.69) is 5.32 Å². The molecule has 166 valence electrons. The van der Waals surface area contributed by atoms with Crippen molar-refractivity contribution in [2.24, 2.45) is 0 Å². The molecule has 0 aromatic heterocycles. The summed E-state index contributed by atoms with van der Waals surface area (Å²) in [5.74, 6) is -0.514. The summed E-state index contributed by atoms with van der Waals surface area (Å²) >= 11 is 5.82. The van der Waals surface area contributed by atoms with Gasteiger partial charge in [-0.3, -0.25) is 0 Å². The molecule has 2 atom stereocenters. The Morgan fingerprint density at radius 2 is 1.50 bits per heavy atom. The Labute approximate surface area is 191 Å². The van der Waals surface area contributed by atoms with E-state index in [9.17, 15) is 14.7 Å². The minimum Gasteiger partial charge on any atom is -0.462 e. The smallest absolute Gasteiger partial charge is 0.408 e. The van der Waals surface area contributed by atoms with Gasteiger partial charge in [-0.15, -0.1) is 0 Å². The van der Waals surface area contributed by atoms with Gasteiger partial charge in [-0.1, -0.05) is 72.3 Å². The van der Waals surface area contributed by atoms with Gasteiger partial charge >= 0.3 is 12.1 Å². The Morgan fingerprint density at radius 1 is 0.875 bits per heavy atom. The molecule has 1 amide bonds. The van der Waals surface area contributed by atoms with Gasteiger partial charge < -0.3 is 19.9 Å². The third-order valence-corrected chi connectivity index (χ3v) is 5.01. The first-order valence-electron chi connectivity index (χ1n) is 10.2. The number of carbonyl (C=O) groups is 2.